The predicted octanol–water partition coefficient (Wildman–Crippen LogP) is 3.10. The average molecular weight is 470 g/mol. The van der Waals surface area contributed by atoms with Gasteiger partial charge >= 0.3 is 6.03 Å². The van der Waals surface area contributed by atoms with Crippen LogP contribution in [0.5, 0.6) is 5.75 Å². The number of amides is 3. The van der Waals surface area contributed by atoms with Crippen LogP contribution in [0.1, 0.15) is 63.5 Å². The first kappa shape index (κ1) is 24.4. The van der Waals surface area contributed by atoms with Crippen LogP contribution in [-0.2, 0) is 14.8 Å². The Kier molecular flexibility index (Phi) is 8.47. The van der Waals surface area contributed by atoms with Gasteiger partial charge in [0.1, 0.15) is 0 Å². The number of imide groups is 1. The number of nitrogens with zero attached hydrogens (tertiary/aromatic N) is 1. The summed E-state index contributed by atoms with van der Waals surface area (Å²) in [6.07, 6.45) is 5.43. The minimum absolute atomic E-state index is 0.0335. The van der Waals surface area contributed by atoms with Gasteiger partial charge in [0.15, 0.2) is 11.6 Å². The minimum Gasteiger partial charge on any atom is -0.490 e. The summed E-state index contributed by atoms with van der Waals surface area (Å²) in [5.41, 5.74) is 0.643. The van der Waals surface area contributed by atoms with Crippen molar-refractivity contribution in [2.45, 2.75) is 57.9 Å². The van der Waals surface area contributed by atoms with Crippen molar-refractivity contribution < 1.29 is 27.1 Å². The van der Waals surface area contributed by atoms with Crippen LogP contribution in [0.3, 0.4) is 0 Å². The second-order valence-corrected chi connectivity index (χ2v) is 10.5. The maximum Gasteiger partial charge on any atom is 0.324 e. The zero-order valence-electron chi connectivity index (χ0n) is 18.4. The number of urea groups is 1. The summed E-state index contributed by atoms with van der Waals surface area (Å²) in [5, 5.41) is 2.27. The fraction of sp³-hybridized carbons (Fsp3) is 0.636. The molecule has 1 saturated carbocycles. The lowest BCUT2D eigenvalue weighted by atomic mass is 9.86. The quantitative estimate of drug-likeness (QED) is 0.458. The van der Waals surface area contributed by atoms with Crippen molar-refractivity contribution in [1.29, 1.82) is 0 Å². The molecule has 3 rings (SSSR count). The van der Waals surface area contributed by atoms with E-state index in [1.807, 2.05) is 0 Å². The fourth-order valence-electron chi connectivity index (χ4n) is 3.75. The molecule has 0 spiro atoms. The Balaban J connectivity index is 1.41. The number of ether oxygens (including phenoxy) is 1. The third-order valence-electron chi connectivity index (χ3n) is 5.99. The van der Waals surface area contributed by atoms with E-state index in [2.05, 4.69) is 10.0 Å². The lowest BCUT2D eigenvalue weighted by Gasteiger charge is -2.26. The van der Waals surface area contributed by atoms with Crippen LogP contribution in [0.25, 0.3) is 0 Å². The summed E-state index contributed by atoms with van der Waals surface area (Å²) in [4.78, 5) is 24.4. The Morgan fingerprint density at radius 3 is 2.72 bits per heavy atom. The molecule has 1 atom stereocenters. The molecule has 1 aromatic carbocycles. The molecule has 8 nitrogen and oxygen atoms in total. The lowest BCUT2D eigenvalue weighted by molar-refractivity contribution is -0.121. The molecule has 1 aromatic rings. The summed E-state index contributed by atoms with van der Waals surface area (Å²) >= 11 is 0. The van der Waals surface area contributed by atoms with Crippen molar-refractivity contribution in [2.24, 2.45) is 5.92 Å². The van der Waals surface area contributed by atoms with E-state index in [1.54, 1.807) is 24.0 Å². The average Bonchev–Trinajstić information content (AvgIpc) is 2.69. The molecule has 1 saturated heterocycles. The van der Waals surface area contributed by atoms with Gasteiger partial charge in [0.05, 0.1) is 12.4 Å². The molecule has 1 aliphatic heterocycles. The number of rotatable bonds is 12. The predicted molar refractivity (Wildman–Crippen MR) is 118 cm³/mol. The van der Waals surface area contributed by atoms with Gasteiger partial charge in [0, 0.05) is 25.6 Å². The molecule has 10 heteroatoms. The number of nitrogens with one attached hydrogen (secondary N) is 2. The van der Waals surface area contributed by atoms with Crippen LogP contribution in [0, 0.1) is 11.7 Å². The summed E-state index contributed by atoms with van der Waals surface area (Å²) < 4.78 is 47.2. The highest BCUT2D eigenvalue weighted by Gasteiger charge is 2.23. The number of hydrogen-bond acceptors (Lipinski definition) is 5. The third kappa shape index (κ3) is 7.16. The molecule has 1 aliphatic carbocycles. The first-order valence-corrected chi connectivity index (χ1v) is 12.9. The Morgan fingerprint density at radius 2 is 2.03 bits per heavy atom. The minimum atomic E-state index is -3.52. The van der Waals surface area contributed by atoms with Gasteiger partial charge < -0.3 is 9.64 Å². The van der Waals surface area contributed by atoms with Crippen molar-refractivity contribution in [3.8, 4) is 5.75 Å². The second kappa shape index (κ2) is 11.1. The molecule has 3 amide bonds. The Labute approximate surface area is 188 Å². The SMILES string of the molecule is C[C@@H](NS(=O)(=O)CCCCCN1CCC(=O)NC1=O)c1ccc(F)c(OCC2CCC2)c1. The Hall–Kier alpha value is -2.20. The van der Waals surface area contributed by atoms with E-state index in [4.69, 9.17) is 4.74 Å². The van der Waals surface area contributed by atoms with Gasteiger partial charge in [-0.15, -0.1) is 0 Å². The number of benzene rings is 1. The van der Waals surface area contributed by atoms with Gasteiger partial charge in [0.2, 0.25) is 15.9 Å². The summed E-state index contributed by atoms with van der Waals surface area (Å²) in [5.74, 6) is -0.121. The summed E-state index contributed by atoms with van der Waals surface area (Å²) in [6.45, 7) is 3.08. The van der Waals surface area contributed by atoms with Crippen molar-refractivity contribution in [3.63, 3.8) is 0 Å². The number of hydrogen-bond donors (Lipinski definition) is 2. The number of halogens is 1. The number of carbonyl (C=O) groups is 2. The standard InChI is InChI=1S/C22H32FN3O5S/c1-16(18-8-9-19(23)20(14-18)31-15-17-6-5-7-17)25-32(29,30)13-4-2-3-11-26-12-10-21(27)24-22(26)28/h8-9,14,16-17,25H,2-7,10-13,15H2,1H3,(H,24,27,28)/t16-/m1/s1. The molecule has 1 heterocycles. The van der Waals surface area contributed by atoms with Crippen LogP contribution >= 0.6 is 0 Å². The van der Waals surface area contributed by atoms with E-state index < -0.39 is 21.9 Å². The third-order valence-corrected chi connectivity index (χ3v) is 7.53. The van der Waals surface area contributed by atoms with Gasteiger partial charge in [-0.3, -0.25) is 10.1 Å². The van der Waals surface area contributed by atoms with Crippen LogP contribution < -0.4 is 14.8 Å². The Bertz CT molecular complexity index is 920. The zero-order valence-corrected chi connectivity index (χ0v) is 19.3. The summed E-state index contributed by atoms with van der Waals surface area (Å²) in [6, 6.07) is 3.53. The van der Waals surface area contributed by atoms with Crippen molar-refractivity contribution in [1.82, 2.24) is 14.9 Å². The number of carbonyl (C=O) groups excluding carboxylic acids is 2. The molecular weight excluding hydrogens is 437 g/mol. The molecule has 0 radical (unpaired) electrons. The molecule has 178 valence electrons. The first-order valence-electron chi connectivity index (χ1n) is 11.2. The molecule has 2 N–H and O–H groups in total. The molecule has 0 bridgehead atoms. The van der Waals surface area contributed by atoms with Crippen molar-refractivity contribution in [3.05, 3.63) is 29.6 Å². The molecule has 0 unspecified atom stereocenters. The molecule has 0 aromatic heterocycles. The monoisotopic (exact) mass is 469 g/mol. The van der Waals surface area contributed by atoms with Gasteiger partial charge in [-0.25, -0.2) is 22.3 Å². The van der Waals surface area contributed by atoms with E-state index in [1.165, 1.54) is 12.5 Å². The summed E-state index contributed by atoms with van der Waals surface area (Å²) in [7, 11) is -3.52. The second-order valence-electron chi connectivity index (χ2n) is 8.61. The topological polar surface area (TPSA) is 105 Å². The maximum atomic E-state index is 14.1. The lowest BCUT2D eigenvalue weighted by Crippen LogP contribution is -2.49. The largest absolute Gasteiger partial charge is 0.490 e. The van der Waals surface area contributed by atoms with Crippen LogP contribution in [0.15, 0.2) is 18.2 Å². The van der Waals surface area contributed by atoms with Gasteiger partial charge in [-0.05, 0) is 56.2 Å². The Morgan fingerprint density at radius 1 is 1.25 bits per heavy atom. The molecular formula is C22H32FN3O5S. The smallest absolute Gasteiger partial charge is 0.324 e. The van der Waals surface area contributed by atoms with Crippen LogP contribution in [0.2, 0.25) is 0 Å². The highest BCUT2D eigenvalue weighted by Crippen LogP contribution is 2.29. The van der Waals surface area contributed by atoms with E-state index >= 15 is 0 Å². The van der Waals surface area contributed by atoms with Crippen LogP contribution in [-0.4, -0.2) is 50.7 Å². The fourth-order valence-corrected chi connectivity index (χ4v) is 5.12. The number of unbranched alkanes of at least 4 members (excludes halogenated alkanes) is 2. The van der Waals surface area contributed by atoms with E-state index in [0.717, 1.165) is 12.8 Å². The first-order chi connectivity index (χ1) is 15.2. The molecule has 2 fully saturated rings. The maximum absolute atomic E-state index is 14.1. The highest BCUT2D eigenvalue weighted by atomic mass is 32.2. The number of sulfonamides is 1. The molecule has 2 aliphatic rings. The normalized spacial score (nSPS) is 18.2. The van der Waals surface area contributed by atoms with Gasteiger partial charge in [-0.1, -0.05) is 18.9 Å². The van der Waals surface area contributed by atoms with E-state index in [-0.39, 0.29) is 23.4 Å². The molecule has 32 heavy (non-hydrogen) atoms. The zero-order chi connectivity index (χ0) is 23.1. The van der Waals surface area contributed by atoms with Crippen LogP contribution in [0.4, 0.5) is 9.18 Å². The van der Waals surface area contributed by atoms with Gasteiger partial charge in [-0.2, -0.15) is 0 Å². The van der Waals surface area contributed by atoms with E-state index in [0.29, 0.717) is 56.9 Å². The van der Waals surface area contributed by atoms with Crippen molar-refractivity contribution >= 4 is 22.0 Å². The van der Waals surface area contributed by atoms with Gasteiger partial charge in [0.25, 0.3) is 0 Å². The highest BCUT2D eigenvalue weighted by molar-refractivity contribution is 7.89. The van der Waals surface area contributed by atoms with E-state index in [9.17, 15) is 22.4 Å². The van der Waals surface area contributed by atoms with Crippen molar-refractivity contribution in [2.75, 3.05) is 25.4 Å².